The molecule has 0 atom stereocenters. The van der Waals surface area contributed by atoms with E-state index in [2.05, 4.69) is 24.5 Å². The van der Waals surface area contributed by atoms with E-state index in [1.54, 1.807) is 66.7 Å². The third kappa shape index (κ3) is 6.02. The number of hydrogen-bond acceptors (Lipinski definition) is 4. The summed E-state index contributed by atoms with van der Waals surface area (Å²) in [4.78, 5) is 25.1. The van der Waals surface area contributed by atoms with Gasteiger partial charge in [0.1, 0.15) is 11.5 Å². The van der Waals surface area contributed by atoms with Crippen molar-refractivity contribution in [1.82, 2.24) is 0 Å². The van der Waals surface area contributed by atoms with Crippen LogP contribution < -0.4 is 20.1 Å². The Labute approximate surface area is 192 Å². The van der Waals surface area contributed by atoms with Crippen LogP contribution in [0.4, 0.5) is 11.4 Å². The molecular formula is C25H25ClN2O4. The molecule has 3 aromatic rings. The first-order valence-electron chi connectivity index (χ1n) is 10.2. The minimum Gasteiger partial charge on any atom is -0.494 e. The highest BCUT2D eigenvalue weighted by Gasteiger charge is 2.14. The zero-order chi connectivity index (χ0) is 23.1. The fraction of sp³-hybridized carbons (Fsp3) is 0.200. The molecule has 0 aliphatic carbocycles. The molecule has 166 valence electrons. The molecule has 0 heterocycles. The maximum absolute atomic E-state index is 12.6. The first kappa shape index (κ1) is 23.2. The lowest BCUT2D eigenvalue weighted by atomic mass is 10.1. The van der Waals surface area contributed by atoms with E-state index in [9.17, 15) is 9.59 Å². The van der Waals surface area contributed by atoms with E-state index < -0.39 is 0 Å². The number of carbonyl (C=O) groups excluding carboxylic acids is 2. The van der Waals surface area contributed by atoms with Gasteiger partial charge in [-0.3, -0.25) is 9.59 Å². The number of amides is 2. The van der Waals surface area contributed by atoms with E-state index in [1.165, 1.54) is 7.11 Å². The number of halogens is 1. The molecule has 2 amide bonds. The quantitative estimate of drug-likeness (QED) is 0.447. The molecule has 0 radical (unpaired) electrons. The molecule has 0 fully saturated rings. The Morgan fingerprint density at radius 2 is 1.66 bits per heavy atom. The van der Waals surface area contributed by atoms with E-state index >= 15 is 0 Å². The average molecular weight is 453 g/mol. The fourth-order valence-electron chi connectivity index (χ4n) is 2.88. The van der Waals surface area contributed by atoms with Gasteiger partial charge in [-0.25, -0.2) is 0 Å². The number of rotatable bonds is 8. The third-order valence-corrected chi connectivity index (χ3v) is 4.86. The van der Waals surface area contributed by atoms with Gasteiger partial charge < -0.3 is 20.1 Å². The van der Waals surface area contributed by atoms with Crippen LogP contribution in [-0.4, -0.2) is 25.5 Å². The Morgan fingerprint density at radius 3 is 2.31 bits per heavy atom. The van der Waals surface area contributed by atoms with Crippen molar-refractivity contribution in [3.05, 3.63) is 82.9 Å². The highest BCUT2D eigenvalue weighted by atomic mass is 35.5. The summed E-state index contributed by atoms with van der Waals surface area (Å²) in [6.45, 7) is 4.76. The van der Waals surface area contributed by atoms with Gasteiger partial charge in [-0.05, 0) is 54.4 Å². The molecule has 0 unspecified atom stereocenters. The van der Waals surface area contributed by atoms with Crippen LogP contribution in [0.3, 0.4) is 0 Å². The van der Waals surface area contributed by atoms with Crippen molar-refractivity contribution in [2.24, 2.45) is 5.92 Å². The smallest absolute Gasteiger partial charge is 0.257 e. The normalized spacial score (nSPS) is 10.5. The van der Waals surface area contributed by atoms with Gasteiger partial charge in [0.25, 0.3) is 11.8 Å². The molecule has 0 aliphatic rings. The molecule has 0 saturated carbocycles. The van der Waals surface area contributed by atoms with E-state index in [1.807, 2.05) is 0 Å². The molecule has 0 aliphatic heterocycles. The molecule has 32 heavy (non-hydrogen) atoms. The lowest BCUT2D eigenvalue weighted by Crippen LogP contribution is -2.14. The number of anilines is 2. The lowest BCUT2D eigenvalue weighted by molar-refractivity contribution is 0.101. The van der Waals surface area contributed by atoms with Crippen molar-refractivity contribution in [3.63, 3.8) is 0 Å². The molecule has 2 N–H and O–H groups in total. The van der Waals surface area contributed by atoms with Crippen LogP contribution in [0.5, 0.6) is 11.5 Å². The number of nitrogens with one attached hydrogen (secondary N) is 2. The van der Waals surface area contributed by atoms with Crippen LogP contribution in [0.1, 0.15) is 34.6 Å². The van der Waals surface area contributed by atoms with Crippen molar-refractivity contribution in [2.75, 3.05) is 24.4 Å². The Bertz CT molecular complexity index is 1100. The summed E-state index contributed by atoms with van der Waals surface area (Å²) >= 11 is 6.09. The van der Waals surface area contributed by atoms with Crippen molar-refractivity contribution in [1.29, 1.82) is 0 Å². The van der Waals surface area contributed by atoms with Gasteiger partial charge in [0.05, 0.1) is 30.0 Å². The minimum absolute atomic E-state index is 0.268. The Hall–Kier alpha value is -3.51. The monoisotopic (exact) mass is 452 g/mol. The van der Waals surface area contributed by atoms with Crippen LogP contribution in [0.25, 0.3) is 0 Å². The maximum Gasteiger partial charge on any atom is 0.257 e. The number of ether oxygens (including phenoxy) is 2. The molecule has 6 nitrogen and oxygen atoms in total. The van der Waals surface area contributed by atoms with Crippen molar-refractivity contribution in [3.8, 4) is 11.5 Å². The van der Waals surface area contributed by atoms with Crippen LogP contribution in [0.2, 0.25) is 5.02 Å². The first-order valence-corrected chi connectivity index (χ1v) is 10.5. The largest absolute Gasteiger partial charge is 0.494 e. The van der Waals surface area contributed by atoms with Gasteiger partial charge in [0.2, 0.25) is 0 Å². The molecule has 3 rings (SSSR count). The number of methoxy groups -OCH3 is 1. The van der Waals surface area contributed by atoms with Gasteiger partial charge >= 0.3 is 0 Å². The van der Waals surface area contributed by atoms with Crippen LogP contribution in [-0.2, 0) is 0 Å². The summed E-state index contributed by atoms with van der Waals surface area (Å²) in [5.41, 5.74) is 1.84. The second-order valence-electron chi connectivity index (χ2n) is 7.53. The molecular weight excluding hydrogens is 428 g/mol. The zero-order valence-corrected chi connectivity index (χ0v) is 18.9. The van der Waals surface area contributed by atoms with Gasteiger partial charge in [-0.2, -0.15) is 0 Å². The van der Waals surface area contributed by atoms with E-state index in [0.29, 0.717) is 45.8 Å². The standard InChI is InChI=1S/C25H25ClN2O4/c1-16(2)15-32-19-11-8-17(9-12-19)24(29)27-18-10-13-22(23(14-18)31-3)28-25(30)20-6-4-5-7-21(20)26/h4-14,16H,15H2,1-3H3,(H,27,29)(H,28,30). The molecule has 3 aromatic carbocycles. The molecule has 0 saturated heterocycles. The summed E-state index contributed by atoms with van der Waals surface area (Å²) in [6, 6.07) is 18.7. The van der Waals surface area contributed by atoms with Crippen molar-refractivity contribution >= 4 is 34.8 Å². The Kier molecular flexibility index (Phi) is 7.73. The lowest BCUT2D eigenvalue weighted by Gasteiger charge is -2.13. The molecule has 7 heteroatoms. The van der Waals surface area contributed by atoms with Crippen molar-refractivity contribution in [2.45, 2.75) is 13.8 Å². The average Bonchev–Trinajstić information content (AvgIpc) is 2.79. The van der Waals surface area contributed by atoms with Crippen LogP contribution >= 0.6 is 11.6 Å². The van der Waals surface area contributed by atoms with E-state index in [-0.39, 0.29) is 11.8 Å². The molecule has 0 aromatic heterocycles. The molecule has 0 bridgehead atoms. The second-order valence-corrected chi connectivity index (χ2v) is 7.94. The summed E-state index contributed by atoms with van der Waals surface area (Å²) < 4.78 is 11.0. The Morgan fingerprint density at radius 1 is 0.938 bits per heavy atom. The first-order chi connectivity index (χ1) is 15.4. The summed E-state index contributed by atoms with van der Waals surface area (Å²) in [7, 11) is 1.49. The van der Waals surface area contributed by atoms with Crippen LogP contribution in [0.15, 0.2) is 66.7 Å². The fourth-order valence-corrected chi connectivity index (χ4v) is 3.10. The predicted octanol–water partition coefficient (Wildman–Crippen LogP) is 5.89. The second kappa shape index (κ2) is 10.7. The minimum atomic E-state index is -0.356. The van der Waals surface area contributed by atoms with Gasteiger partial charge in [0, 0.05) is 17.3 Å². The van der Waals surface area contributed by atoms with Gasteiger partial charge in [0.15, 0.2) is 0 Å². The highest BCUT2D eigenvalue weighted by molar-refractivity contribution is 6.34. The number of hydrogen-bond donors (Lipinski definition) is 2. The maximum atomic E-state index is 12.6. The summed E-state index contributed by atoms with van der Waals surface area (Å²) in [6.07, 6.45) is 0. The summed E-state index contributed by atoms with van der Waals surface area (Å²) in [5, 5.41) is 5.97. The van der Waals surface area contributed by atoms with E-state index in [0.717, 1.165) is 5.75 Å². The third-order valence-electron chi connectivity index (χ3n) is 4.53. The highest BCUT2D eigenvalue weighted by Crippen LogP contribution is 2.29. The van der Waals surface area contributed by atoms with Gasteiger partial charge in [-0.15, -0.1) is 0 Å². The zero-order valence-electron chi connectivity index (χ0n) is 18.1. The predicted molar refractivity (Wildman–Crippen MR) is 127 cm³/mol. The topological polar surface area (TPSA) is 76.7 Å². The summed E-state index contributed by atoms with van der Waals surface area (Å²) in [5.74, 6) is 0.919. The molecule has 0 spiro atoms. The SMILES string of the molecule is COc1cc(NC(=O)c2ccc(OCC(C)C)cc2)ccc1NC(=O)c1ccccc1Cl. The Balaban J connectivity index is 1.68. The van der Waals surface area contributed by atoms with E-state index in [4.69, 9.17) is 21.1 Å². The number of benzene rings is 3. The van der Waals surface area contributed by atoms with Gasteiger partial charge in [-0.1, -0.05) is 37.6 Å². The number of carbonyl (C=O) groups is 2. The van der Waals surface area contributed by atoms with Crippen molar-refractivity contribution < 1.29 is 19.1 Å². The van der Waals surface area contributed by atoms with Crippen LogP contribution in [0, 0.1) is 5.92 Å².